The number of ketones is 1. The van der Waals surface area contributed by atoms with E-state index in [1.807, 2.05) is 31.2 Å². The van der Waals surface area contributed by atoms with E-state index in [2.05, 4.69) is 11.8 Å². The fraction of sp³-hybridized carbons (Fsp3) is 0.562. The second kappa shape index (κ2) is 6.14. The summed E-state index contributed by atoms with van der Waals surface area (Å²) in [5.74, 6) is 0.274. The number of Topliss-reactive ketones (excluding diaryl/α,β-unsaturated/α-hetero) is 1. The SMILES string of the molecule is CCCCN(CC(=O)c1ccccc1C)C1CC1. The quantitative estimate of drug-likeness (QED) is 0.686. The molecule has 1 aliphatic carbocycles. The van der Waals surface area contributed by atoms with Crippen LogP contribution in [0.3, 0.4) is 0 Å². The fourth-order valence-electron chi connectivity index (χ4n) is 2.35. The fourth-order valence-corrected chi connectivity index (χ4v) is 2.35. The van der Waals surface area contributed by atoms with Crippen molar-refractivity contribution in [3.8, 4) is 0 Å². The van der Waals surface area contributed by atoms with Gasteiger partial charge < -0.3 is 0 Å². The zero-order valence-electron chi connectivity index (χ0n) is 11.5. The Kier molecular flexibility index (Phi) is 4.54. The standard InChI is InChI=1S/C16H23NO/c1-3-4-11-17(14-9-10-14)12-16(18)15-8-6-5-7-13(15)2/h5-8,14H,3-4,9-12H2,1-2H3. The van der Waals surface area contributed by atoms with Crippen LogP contribution in [0.4, 0.5) is 0 Å². The second-order valence-electron chi connectivity index (χ2n) is 5.29. The van der Waals surface area contributed by atoms with Crippen molar-refractivity contribution in [2.45, 2.75) is 45.6 Å². The molecule has 1 aromatic rings. The highest BCUT2D eigenvalue weighted by atomic mass is 16.1. The normalized spacial score (nSPS) is 15.1. The molecular formula is C16H23NO. The summed E-state index contributed by atoms with van der Waals surface area (Å²) >= 11 is 0. The first-order valence-electron chi connectivity index (χ1n) is 7.05. The summed E-state index contributed by atoms with van der Waals surface area (Å²) in [6.07, 6.45) is 4.93. The van der Waals surface area contributed by atoms with Crippen molar-refractivity contribution >= 4 is 5.78 Å². The predicted octanol–water partition coefficient (Wildman–Crippen LogP) is 3.44. The lowest BCUT2D eigenvalue weighted by Gasteiger charge is -2.21. The van der Waals surface area contributed by atoms with Gasteiger partial charge in [0.1, 0.15) is 0 Å². The highest BCUT2D eigenvalue weighted by molar-refractivity contribution is 5.98. The molecule has 0 radical (unpaired) electrons. The van der Waals surface area contributed by atoms with E-state index in [0.29, 0.717) is 12.6 Å². The molecule has 0 spiro atoms. The third-order valence-corrected chi connectivity index (χ3v) is 3.65. The maximum absolute atomic E-state index is 12.3. The van der Waals surface area contributed by atoms with Crippen LogP contribution in [-0.2, 0) is 0 Å². The molecule has 0 unspecified atom stereocenters. The molecule has 2 rings (SSSR count). The zero-order valence-corrected chi connectivity index (χ0v) is 11.5. The molecule has 0 aromatic heterocycles. The Morgan fingerprint density at radius 1 is 1.33 bits per heavy atom. The minimum Gasteiger partial charge on any atom is -0.293 e. The number of rotatable bonds is 7. The van der Waals surface area contributed by atoms with Crippen molar-refractivity contribution in [3.05, 3.63) is 35.4 Å². The number of carbonyl (C=O) groups excluding carboxylic acids is 1. The Labute approximate surface area is 110 Å². The van der Waals surface area contributed by atoms with Crippen LogP contribution in [0.1, 0.15) is 48.5 Å². The van der Waals surface area contributed by atoms with E-state index in [4.69, 9.17) is 0 Å². The van der Waals surface area contributed by atoms with E-state index in [1.165, 1.54) is 25.7 Å². The number of benzene rings is 1. The van der Waals surface area contributed by atoms with E-state index in [-0.39, 0.29) is 5.78 Å². The van der Waals surface area contributed by atoms with Gasteiger partial charge in [0.05, 0.1) is 6.54 Å². The first-order valence-corrected chi connectivity index (χ1v) is 7.05. The first kappa shape index (κ1) is 13.3. The number of carbonyl (C=O) groups is 1. The van der Waals surface area contributed by atoms with E-state index < -0.39 is 0 Å². The minimum atomic E-state index is 0.274. The van der Waals surface area contributed by atoms with Crippen molar-refractivity contribution in [2.75, 3.05) is 13.1 Å². The number of aryl methyl sites for hydroxylation is 1. The average molecular weight is 245 g/mol. The Morgan fingerprint density at radius 3 is 2.67 bits per heavy atom. The third kappa shape index (κ3) is 3.42. The number of hydrogen-bond donors (Lipinski definition) is 0. The van der Waals surface area contributed by atoms with E-state index in [9.17, 15) is 4.79 Å². The van der Waals surface area contributed by atoms with E-state index >= 15 is 0 Å². The van der Waals surface area contributed by atoms with Gasteiger partial charge in [0.2, 0.25) is 0 Å². The molecule has 2 heteroatoms. The summed E-state index contributed by atoms with van der Waals surface area (Å²) in [5, 5.41) is 0. The molecule has 0 N–H and O–H groups in total. The Bertz CT molecular complexity index is 409. The van der Waals surface area contributed by atoms with Gasteiger partial charge in [-0.05, 0) is 38.3 Å². The number of unbranched alkanes of at least 4 members (excludes halogenated alkanes) is 1. The molecule has 1 aromatic carbocycles. The van der Waals surface area contributed by atoms with Crippen LogP contribution in [0, 0.1) is 6.92 Å². The number of hydrogen-bond acceptors (Lipinski definition) is 2. The Morgan fingerprint density at radius 2 is 2.06 bits per heavy atom. The van der Waals surface area contributed by atoms with Crippen LogP contribution in [0.25, 0.3) is 0 Å². The Hall–Kier alpha value is -1.15. The van der Waals surface area contributed by atoms with Gasteiger partial charge in [-0.25, -0.2) is 0 Å². The molecule has 18 heavy (non-hydrogen) atoms. The topological polar surface area (TPSA) is 20.3 Å². The highest BCUT2D eigenvalue weighted by Crippen LogP contribution is 2.27. The molecule has 1 fully saturated rings. The molecule has 98 valence electrons. The Balaban J connectivity index is 1.98. The van der Waals surface area contributed by atoms with Crippen LogP contribution < -0.4 is 0 Å². The molecule has 0 saturated heterocycles. The smallest absolute Gasteiger partial charge is 0.177 e. The predicted molar refractivity (Wildman–Crippen MR) is 75.0 cm³/mol. The molecule has 1 saturated carbocycles. The van der Waals surface area contributed by atoms with Crippen molar-refractivity contribution in [1.82, 2.24) is 4.90 Å². The van der Waals surface area contributed by atoms with Gasteiger partial charge in [0.25, 0.3) is 0 Å². The summed E-state index contributed by atoms with van der Waals surface area (Å²) in [5.41, 5.74) is 1.98. The third-order valence-electron chi connectivity index (χ3n) is 3.65. The molecule has 0 atom stereocenters. The largest absolute Gasteiger partial charge is 0.293 e. The highest BCUT2D eigenvalue weighted by Gasteiger charge is 2.29. The summed E-state index contributed by atoms with van der Waals surface area (Å²) < 4.78 is 0. The molecule has 1 aliphatic rings. The van der Waals surface area contributed by atoms with E-state index in [1.54, 1.807) is 0 Å². The van der Waals surface area contributed by atoms with Crippen LogP contribution in [0.15, 0.2) is 24.3 Å². The van der Waals surface area contributed by atoms with Gasteiger partial charge in [0, 0.05) is 11.6 Å². The van der Waals surface area contributed by atoms with E-state index in [0.717, 1.165) is 17.7 Å². The second-order valence-corrected chi connectivity index (χ2v) is 5.29. The van der Waals surface area contributed by atoms with Gasteiger partial charge in [-0.15, -0.1) is 0 Å². The van der Waals surface area contributed by atoms with Crippen LogP contribution in [0.5, 0.6) is 0 Å². The van der Waals surface area contributed by atoms with Crippen LogP contribution in [0.2, 0.25) is 0 Å². The molecule has 0 bridgehead atoms. The van der Waals surface area contributed by atoms with Gasteiger partial charge in [0.15, 0.2) is 5.78 Å². The lowest BCUT2D eigenvalue weighted by Crippen LogP contribution is -2.33. The maximum Gasteiger partial charge on any atom is 0.177 e. The first-order chi connectivity index (χ1) is 8.72. The van der Waals surface area contributed by atoms with Crippen molar-refractivity contribution in [2.24, 2.45) is 0 Å². The lowest BCUT2D eigenvalue weighted by atomic mass is 10.0. The van der Waals surface area contributed by atoms with Crippen molar-refractivity contribution in [1.29, 1.82) is 0 Å². The summed E-state index contributed by atoms with van der Waals surface area (Å²) in [6, 6.07) is 8.57. The molecular weight excluding hydrogens is 222 g/mol. The van der Waals surface area contributed by atoms with Crippen LogP contribution >= 0.6 is 0 Å². The molecule has 0 heterocycles. The number of nitrogens with zero attached hydrogens (tertiary/aromatic N) is 1. The van der Waals surface area contributed by atoms with Gasteiger partial charge in [-0.3, -0.25) is 9.69 Å². The summed E-state index contributed by atoms with van der Waals surface area (Å²) in [6.45, 7) is 5.88. The summed E-state index contributed by atoms with van der Waals surface area (Å²) in [7, 11) is 0. The monoisotopic (exact) mass is 245 g/mol. The molecule has 2 nitrogen and oxygen atoms in total. The van der Waals surface area contributed by atoms with Gasteiger partial charge >= 0.3 is 0 Å². The van der Waals surface area contributed by atoms with Crippen LogP contribution in [-0.4, -0.2) is 29.8 Å². The zero-order chi connectivity index (χ0) is 13.0. The minimum absolute atomic E-state index is 0.274. The summed E-state index contributed by atoms with van der Waals surface area (Å²) in [4.78, 5) is 14.7. The lowest BCUT2D eigenvalue weighted by molar-refractivity contribution is 0.0923. The maximum atomic E-state index is 12.3. The van der Waals surface area contributed by atoms with Gasteiger partial charge in [-0.2, -0.15) is 0 Å². The van der Waals surface area contributed by atoms with Crippen molar-refractivity contribution < 1.29 is 4.79 Å². The molecule has 0 amide bonds. The average Bonchev–Trinajstić information content (AvgIpc) is 3.19. The van der Waals surface area contributed by atoms with Gasteiger partial charge in [-0.1, -0.05) is 37.6 Å². The van der Waals surface area contributed by atoms with Crippen molar-refractivity contribution in [3.63, 3.8) is 0 Å². The molecule has 0 aliphatic heterocycles.